The van der Waals surface area contributed by atoms with Gasteiger partial charge in [-0.15, -0.1) is 0 Å². The lowest BCUT2D eigenvalue weighted by molar-refractivity contribution is -0.154. The van der Waals surface area contributed by atoms with Crippen LogP contribution in [0.25, 0.3) is 0 Å². The first kappa shape index (κ1) is 14.7. The third-order valence-electron chi connectivity index (χ3n) is 7.87. The molecule has 22 heavy (non-hydrogen) atoms. The largest absolute Gasteiger partial charge is 0.337 e. The van der Waals surface area contributed by atoms with Gasteiger partial charge in [0.1, 0.15) is 5.78 Å². The van der Waals surface area contributed by atoms with E-state index in [1.54, 1.807) is 0 Å². The van der Waals surface area contributed by atoms with Crippen LogP contribution in [-0.2, 0) is 9.59 Å². The number of carbonyl (C=O) groups excluding carboxylic acids is 2. The Morgan fingerprint density at radius 1 is 0.955 bits per heavy atom. The van der Waals surface area contributed by atoms with Crippen molar-refractivity contribution in [1.29, 1.82) is 0 Å². The second kappa shape index (κ2) is 4.82. The summed E-state index contributed by atoms with van der Waals surface area (Å²) in [6, 6.07) is 0. The summed E-state index contributed by atoms with van der Waals surface area (Å²) >= 11 is 0. The van der Waals surface area contributed by atoms with E-state index >= 15 is 0 Å². The molecule has 2 saturated heterocycles. The summed E-state index contributed by atoms with van der Waals surface area (Å²) in [6.45, 7) is 5.51. The molecule has 0 aromatic carbocycles. The number of hydrogen-bond donors (Lipinski definition) is 0. The van der Waals surface area contributed by atoms with Gasteiger partial charge in [0.05, 0.1) is 0 Å². The van der Waals surface area contributed by atoms with Gasteiger partial charge in [-0.3, -0.25) is 9.59 Å². The standard InChI is InChI=1S/C19H29NO2/c1-18-11-8-15-13(14(18)6-7-16(18)21)9-12-20-17(22)5-3-4-10-19(15,20)2/h13-15H,3-12H2,1-2H3/t13-,14-,15?,18-,19+/m0/s1. The fourth-order valence-corrected chi connectivity index (χ4v) is 6.59. The SMILES string of the molecule is C[C@]12CCC3[C@@H](CCN4C(=O)CCCC[C@]34C)[C@@H]1CCC2=O. The Kier molecular flexibility index (Phi) is 3.22. The van der Waals surface area contributed by atoms with Crippen LogP contribution in [0.5, 0.6) is 0 Å². The Bertz CT molecular complexity index is 516. The molecule has 1 unspecified atom stereocenters. The van der Waals surface area contributed by atoms with Crippen LogP contribution in [0.2, 0.25) is 0 Å². The molecule has 2 saturated carbocycles. The number of hydrogen-bond acceptors (Lipinski definition) is 2. The van der Waals surface area contributed by atoms with E-state index in [4.69, 9.17) is 0 Å². The Hall–Kier alpha value is -0.860. The molecule has 0 aromatic heterocycles. The van der Waals surface area contributed by atoms with E-state index in [1.165, 1.54) is 6.42 Å². The molecule has 122 valence electrons. The molecule has 2 aliphatic carbocycles. The first-order valence-electron chi connectivity index (χ1n) is 9.30. The van der Waals surface area contributed by atoms with Gasteiger partial charge >= 0.3 is 0 Å². The first-order chi connectivity index (χ1) is 10.5. The predicted octanol–water partition coefficient (Wildman–Crippen LogP) is 3.56. The molecule has 0 radical (unpaired) electrons. The third kappa shape index (κ3) is 1.80. The van der Waals surface area contributed by atoms with E-state index in [2.05, 4.69) is 18.7 Å². The van der Waals surface area contributed by atoms with Gasteiger partial charge in [-0.25, -0.2) is 0 Å². The number of carbonyl (C=O) groups is 2. The fourth-order valence-electron chi connectivity index (χ4n) is 6.59. The van der Waals surface area contributed by atoms with Crippen molar-refractivity contribution >= 4 is 11.7 Å². The molecule has 0 bridgehead atoms. The summed E-state index contributed by atoms with van der Waals surface area (Å²) in [5, 5.41) is 0. The van der Waals surface area contributed by atoms with Crippen molar-refractivity contribution in [2.45, 2.75) is 77.2 Å². The van der Waals surface area contributed by atoms with Crippen LogP contribution in [0.15, 0.2) is 0 Å². The number of amides is 1. The average Bonchev–Trinajstić information content (AvgIpc) is 2.70. The zero-order valence-electron chi connectivity index (χ0n) is 14.1. The van der Waals surface area contributed by atoms with E-state index < -0.39 is 0 Å². The van der Waals surface area contributed by atoms with Crippen molar-refractivity contribution in [2.24, 2.45) is 23.2 Å². The van der Waals surface area contributed by atoms with E-state index in [0.717, 1.165) is 57.9 Å². The number of piperidine rings is 1. The molecule has 2 heterocycles. The summed E-state index contributed by atoms with van der Waals surface area (Å²) in [6.07, 6.45) is 9.36. The lowest BCUT2D eigenvalue weighted by Gasteiger charge is -2.59. The van der Waals surface area contributed by atoms with Gasteiger partial charge in [0.25, 0.3) is 0 Å². The van der Waals surface area contributed by atoms with Crippen LogP contribution in [0.1, 0.15) is 71.6 Å². The minimum Gasteiger partial charge on any atom is -0.337 e. The zero-order chi connectivity index (χ0) is 15.5. The number of nitrogens with zero attached hydrogens (tertiary/aromatic N) is 1. The summed E-state index contributed by atoms with van der Waals surface area (Å²) in [4.78, 5) is 27.2. The number of fused-ring (bicyclic) bond motifs is 5. The van der Waals surface area contributed by atoms with Crippen molar-refractivity contribution in [1.82, 2.24) is 4.90 Å². The smallest absolute Gasteiger partial charge is 0.223 e. The first-order valence-corrected chi connectivity index (χ1v) is 9.30. The number of Topliss-reactive ketones (excluding diaryl/α,β-unsaturated/α-hetero) is 1. The second-order valence-corrected chi connectivity index (χ2v) is 8.69. The molecule has 4 aliphatic rings. The fraction of sp³-hybridized carbons (Fsp3) is 0.895. The number of rotatable bonds is 0. The lowest BCUT2D eigenvalue weighted by Crippen LogP contribution is -2.62. The van der Waals surface area contributed by atoms with Crippen molar-refractivity contribution in [3.8, 4) is 0 Å². The van der Waals surface area contributed by atoms with Crippen molar-refractivity contribution in [3.05, 3.63) is 0 Å². The molecule has 4 fully saturated rings. The van der Waals surface area contributed by atoms with Crippen LogP contribution in [0, 0.1) is 23.2 Å². The molecular formula is C19H29NO2. The highest BCUT2D eigenvalue weighted by molar-refractivity contribution is 5.87. The molecule has 0 N–H and O–H groups in total. The molecular weight excluding hydrogens is 274 g/mol. The molecule has 3 nitrogen and oxygen atoms in total. The topological polar surface area (TPSA) is 37.4 Å². The molecule has 5 atom stereocenters. The van der Waals surface area contributed by atoms with Crippen molar-refractivity contribution in [3.63, 3.8) is 0 Å². The Balaban J connectivity index is 1.68. The predicted molar refractivity (Wildman–Crippen MR) is 85.3 cm³/mol. The minimum atomic E-state index is -0.0472. The van der Waals surface area contributed by atoms with Crippen molar-refractivity contribution in [2.75, 3.05) is 6.54 Å². The van der Waals surface area contributed by atoms with Gasteiger partial charge in [0, 0.05) is 30.3 Å². The minimum absolute atomic E-state index is 0.0472. The molecule has 0 aromatic rings. The van der Waals surface area contributed by atoms with Crippen LogP contribution in [0.4, 0.5) is 0 Å². The summed E-state index contributed by atoms with van der Waals surface area (Å²) in [7, 11) is 0. The van der Waals surface area contributed by atoms with E-state index in [0.29, 0.717) is 29.4 Å². The molecule has 2 aliphatic heterocycles. The highest BCUT2D eigenvalue weighted by Crippen LogP contribution is 2.60. The highest BCUT2D eigenvalue weighted by atomic mass is 16.2. The van der Waals surface area contributed by atoms with E-state index in [-0.39, 0.29) is 11.0 Å². The lowest BCUT2D eigenvalue weighted by atomic mass is 9.53. The highest BCUT2D eigenvalue weighted by Gasteiger charge is 2.59. The van der Waals surface area contributed by atoms with E-state index in [9.17, 15) is 9.59 Å². The van der Waals surface area contributed by atoms with Crippen LogP contribution >= 0.6 is 0 Å². The zero-order valence-corrected chi connectivity index (χ0v) is 14.1. The Morgan fingerprint density at radius 3 is 2.59 bits per heavy atom. The molecule has 4 rings (SSSR count). The monoisotopic (exact) mass is 303 g/mol. The Labute approximate surface area is 133 Å². The normalized spacial score (nSPS) is 48.5. The average molecular weight is 303 g/mol. The summed E-state index contributed by atoms with van der Waals surface area (Å²) in [5.41, 5.74) is 0.0118. The van der Waals surface area contributed by atoms with Gasteiger partial charge < -0.3 is 4.90 Å². The van der Waals surface area contributed by atoms with Crippen molar-refractivity contribution < 1.29 is 9.59 Å². The van der Waals surface area contributed by atoms with E-state index in [1.807, 2.05) is 0 Å². The maximum atomic E-state index is 12.5. The third-order valence-corrected chi connectivity index (χ3v) is 7.87. The van der Waals surface area contributed by atoms with Gasteiger partial charge in [0.2, 0.25) is 5.91 Å². The van der Waals surface area contributed by atoms with Crippen LogP contribution in [-0.4, -0.2) is 28.7 Å². The Morgan fingerprint density at radius 2 is 1.77 bits per heavy atom. The molecule has 1 amide bonds. The van der Waals surface area contributed by atoms with Crippen LogP contribution in [0.3, 0.4) is 0 Å². The van der Waals surface area contributed by atoms with Crippen LogP contribution < -0.4 is 0 Å². The van der Waals surface area contributed by atoms with Gasteiger partial charge in [0.15, 0.2) is 0 Å². The quantitative estimate of drug-likeness (QED) is 0.686. The second-order valence-electron chi connectivity index (χ2n) is 8.69. The maximum absolute atomic E-state index is 12.5. The summed E-state index contributed by atoms with van der Waals surface area (Å²) < 4.78 is 0. The van der Waals surface area contributed by atoms with Gasteiger partial charge in [-0.05, 0) is 63.2 Å². The number of ketones is 1. The molecule has 3 heteroatoms. The maximum Gasteiger partial charge on any atom is 0.223 e. The van der Waals surface area contributed by atoms with Gasteiger partial charge in [-0.2, -0.15) is 0 Å². The summed E-state index contributed by atoms with van der Waals surface area (Å²) in [5.74, 6) is 2.76. The van der Waals surface area contributed by atoms with Gasteiger partial charge in [-0.1, -0.05) is 13.3 Å². The molecule has 0 spiro atoms.